The lowest BCUT2D eigenvalue weighted by Gasteiger charge is -2.23. The Morgan fingerprint density at radius 1 is 0.938 bits per heavy atom. The van der Waals surface area contributed by atoms with E-state index in [-0.39, 0.29) is 5.41 Å². The molecule has 0 N–H and O–H groups in total. The van der Waals surface area contributed by atoms with Gasteiger partial charge in [0, 0.05) is 38.3 Å². The van der Waals surface area contributed by atoms with Gasteiger partial charge in [-0.1, -0.05) is 51.1 Å². The van der Waals surface area contributed by atoms with E-state index in [1.807, 2.05) is 6.92 Å². The monoisotopic (exact) mass is 448 g/mol. The van der Waals surface area contributed by atoms with Gasteiger partial charge in [-0.05, 0) is 60.5 Å². The molecule has 3 heterocycles. The quantitative estimate of drug-likeness (QED) is 0.494. The number of aryl methyl sites for hydroxylation is 1. The van der Waals surface area contributed by atoms with E-state index >= 15 is 0 Å². The van der Waals surface area contributed by atoms with E-state index < -0.39 is 0 Å². The maximum Gasteiger partial charge on any atom is 0.126 e. The van der Waals surface area contributed by atoms with Crippen LogP contribution in [0, 0.1) is 6.92 Å². The maximum absolute atomic E-state index is 4.70. The van der Waals surface area contributed by atoms with Crippen LogP contribution in [0.1, 0.15) is 49.8 Å². The summed E-state index contributed by atoms with van der Waals surface area (Å²) in [4.78, 5) is 15.8. The molecule has 4 nitrogen and oxygen atoms in total. The van der Waals surface area contributed by atoms with Crippen LogP contribution in [0.25, 0.3) is 10.6 Å². The molecular formula is C27H36N4S. The van der Waals surface area contributed by atoms with E-state index in [0.29, 0.717) is 0 Å². The molecule has 0 unspecified atom stereocenters. The number of aromatic nitrogens is 2. The third-order valence-electron chi connectivity index (χ3n) is 6.26. The van der Waals surface area contributed by atoms with Crippen LogP contribution in [0.5, 0.6) is 0 Å². The SMILES string of the molecule is Cc1nc(CCN2CCCN(Cc3ccc(C(C)(C)C)cc3)CC2)cc(-c2cccs2)n1. The first-order valence-electron chi connectivity index (χ1n) is 11.8. The summed E-state index contributed by atoms with van der Waals surface area (Å²) in [6.07, 6.45) is 2.21. The molecule has 0 amide bonds. The topological polar surface area (TPSA) is 32.3 Å². The van der Waals surface area contributed by atoms with Crippen molar-refractivity contribution in [1.82, 2.24) is 19.8 Å². The minimum atomic E-state index is 0.217. The van der Waals surface area contributed by atoms with E-state index in [2.05, 4.69) is 83.4 Å². The van der Waals surface area contributed by atoms with Gasteiger partial charge in [-0.15, -0.1) is 11.3 Å². The molecule has 3 aromatic rings. The standard InChI is InChI=1S/C27H36N4S/c1-21-28-24(19-25(29-21)26-7-5-18-32-26)12-15-30-13-6-14-31(17-16-30)20-22-8-10-23(11-9-22)27(2,3)4/h5,7-11,18-19H,6,12-17,20H2,1-4H3. The van der Waals surface area contributed by atoms with Crippen molar-refractivity contribution < 1.29 is 0 Å². The highest BCUT2D eigenvalue weighted by molar-refractivity contribution is 7.13. The normalized spacial score (nSPS) is 16.2. The molecule has 170 valence electrons. The fraction of sp³-hybridized carbons (Fsp3) is 0.481. The summed E-state index contributed by atoms with van der Waals surface area (Å²) in [5, 5.41) is 2.11. The van der Waals surface area contributed by atoms with Gasteiger partial charge in [0.1, 0.15) is 5.82 Å². The van der Waals surface area contributed by atoms with E-state index in [4.69, 9.17) is 4.98 Å². The number of rotatable bonds is 6. The van der Waals surface area contributed by atoms with Gasteiger partial charge < -0.3 is 4.90 Å². The molecule has 0 spiro atoms. The highest BCUT2D eigenvalue weighted by Gasteiger charge is 2.17. The second-order valence-corrected chi connectivity index (χ2v) is 10.9. The van der Waals surface area contributed by atoms with Crippen LogP contribution in [-0.4, -0.2) is 52.5 Å². The lowest BCUT2D eigenvalue weighted by atomic mass is 9.87. The Morgan fingerprint density at radius 2 is 1.69 bits per heavy atom. The zero-order valence-corrected chi connectivity index (χ0v) is 20.8. The molecule has 1 aliphatic heterocycles. The van der Waals surface area contributed by atoms with Crippen molar-refractivity contribution in [1.29, 1.82) is 0 Å². The van der Waals surface area contributed by atoms with Crippen LogP contribution in [-0.2, 0) is 18.4 Å². The van der Waals surface area contributed by atoms with Crippen LogP contribution in [0.3, 0.4) is 0 Å². The van der Waals surface area contributed by atoms with Crippen molar-refractivity contribution in [3.8, 4) is 10.6 Å². The van der Waals surface area contributed by atoms with Crippen molar-refractivity contribution >= 4 is 11.3 Å². The molecule has 2 aromatic heterocycles. The molecule has 0 saturated carbocycles. The van der Waals surface area contributed by atoms with E-state index in [9.17, 15) is 0 Å². The Hall–Kier alpha value is -2.08. The summed E-state index contributed by atoms with van der Waals surface area (Å²) >= 11 is 1.74. The second-order valence-electron chi connectivity index (χ2n) is 9.94. The molecule has 32 heavy (non-hydrogen) atoms. The molecule has 0 aliphatic carbocycles. The zero-order valence-electron chi connectivity index (χ0n) is 20.0. The lowest BCUT2D eigenvalue weighted by molar-refractivity contribution is 0.252. The van der Waals surface area contributed by atoms with Crippen molar-refractivity contribution in [3.63, 3.8) is 0 Å². The molecule has 0 radical (unpaired) electrons. The van der Waals surface area contributed by atoms with Gasteiger partial charge in [0.05, 0.1) is 10.6 Å². The van der Waals surface area contributed by atoms with Crippen LogP contribution >= 0.6 is 11.3 Å². The fourth-order valence-electron chi connectivity index (χ4n) is 4.36. The van der Waals surface area contributed by atoms with E-state index in [1.165, 1.54) is 35.5 Å². The Bertz CT molecular complexity index is 989. The third-order valence-corrected chi connectivity index (χ3v) is 7.15. The Labute approximate surface area is 197 Å². The van der Waals surface area contributed by atoms with Crippen molar-refractivity contribution in [2.45, 2.75) is 52.5 Å². The van der Waals surface area contributed by atoms with Crippen molar-refractivity contribution in [3.05, 3.63) is 70.5 Å². The number of hydrogen-bond acceptors (Lipinski definition) is 5. The summed E-state index contributed by atoms with van der Waals surface area (Å²) in [5.41, 5.74) is 5.26. The number of benzene rings is 1. The molecular weight excluding hydrogens is 412 g/mol. The van der Waals surface area contributed by atoms with Crippen LogP contribution in [0.2, 0.25) is 0 Å². The summed E-state index contributed by atoms with van der Waals surface area (Å²) in [6, 6.07) is 15.6. The molecule has 5 heteroatoms. The van der Waals surface area contributed by atoms with Gasteiger partial charge >= 0.3 is 0 Å². The fourth-order valence-corrected chi connectivity index (χ4v) is 5.04. The van der Waals surface area contributed by atoms with Gasteiger partial charge in [-0.25, -0.2) is 9.97 Å². The summed E-state index contributed by atoms with van der Waals surface area (Å²) in [5.74, 6) is 0.866. The van der Waals surface area contributed by atoms with Gasteiger partial charge in [0.25, 0.3) is 0 Å². The summed E-state index contributed by atoms with van der Waals surface area (Å²) in [7, 11) is 0. The number of thiophene rings is 1. The summed E-state index contributed by atoms with van der Waals surface area (Å²) < 4.78 is 0. The summed E-state index contributed by atoms with van der Waals surface area (Å²) in [6.45, 7) is 15.5. The lowest BCUT2D eigenvalue weighted by Crippen LogP contribution is -2.32. The Morgan fingerprint density at radius 3 is 2.41 bits per heavy atom. The van der Waals surface area contributed by atoms with E-state index in [0.717, 1.165) is 49.8 Å². The smallest absolute Gasteiger partial charge is 0.126 e. The molecule has 1 aliphatic rings. The Kier molecular flexibility index (Phi) is 7.39. The predicted octanol–water partition coefficient (Wildman–Crippen LogP) is 5.56. The number of nitrogens with zero attached hydrogens (tertiary/aromatic N) is 4. The highest BCUT2D eigenvalue weighted by atomic mass is 32.1. The van der Waals surface area contributed by atoms with Gasteiger partial charge in [0.2, 0.25) is 0 Å². The molecule has 1 aromatic carbocycles. The van der Waals surface area contributed by atoms with Gasteiger partial charge in [0.15, 0.2) is 0 Å². The number of hydrogen-bond donors (Lipinski definition) is 0. The van der Waals surface area contributed by atoms with Gasteiger partial charge in [-0.2, -0.15) is 0 Å². The molecule has 1 fully saturated rings. The minimum Gasteiger partial charge on any atom is -0.302 e. The van der Waals surface area contributed by atoms with Gasteiger partial charge in [-0.3, -0.25) is 4.90 Å². The van der Waals surface area contributed by atoms with E-state index in [1.54, 1.807) is 11.3 Å². The first kappa shape index (κ1) is 23.1. The minimum absolute atomic E-state index is 0.217. The highest BCUT2D eigenvalue weighted by Crippen LogP contribution is 2.24. The first-order chi connectivity index (χ1) is 15.4. The van der Waals surface area contributed by atoms with Crippen LogP contribution in [0.4, 0.5) is 0 Å². The molecule has 0 atom stereocenters. The van der Waals surface area contributed by atoms with Crippen LogP contribution in [0.15, 0.2) is 47.8 Å². The maximum atomic E-state index is 4.70. The van der Waals surface area contributed by atoms with Crippen molar-refractivity contribution in [2.24, 2.45) is 0 Å². The average Bonchev–Trinajstić information content (AvgIpc) is 3.20. The molecule has 4 rings (SSSR count). The van der Waals surface area contributed by atoms with Crippen LogP contribution < -0.4 is 0 Å². The van der Waals surface area contributed by atoms with Crippen molar-refractivity contribution in [2.75, 3.05) is 32.7 Å². The third kappa shape index (κ3) is 6.25. The molecule has 0 bridgehead atoms. The predicted molar refractivity (Wildman–Crippen MR) is 135 cm³/mol. The Balaban J connectivity index is 1.29. The first-order valence-corrected chi connectivity index (χ1v) is 12.7. The largest absolute Gasteiger partial charge is 0.302 e. The second kappa shape index (κ2) is 10.2. The zero-order chi connectivity index (χ0) is 22.6. The molecule has 1 saturated heterocycles. The average molecular weight is 449 g/mol.